The third-order valence-electron chi connectivity index (χ3n) is 12.2. The lowest BCUT2D eigenvalue weighted by Crippen LogP contribution is -2.49. The van der Waals surface area contributed by atoms with Crippen molar-refractivity contribution in [2.45, 2.75) is 161 Å². The highest BCUT2D eigenvalue weighted by Gasteiger charge is 2.57. The number of rotatable bonds is 11. The number of nitrogens with one attached hydrogen (secondary N) is 1. The van der Waals surface area contributed by atoms with E-state index in [1.165, 1.54) is 5.57 Å². The summed E-state index contributed by atoms with van der Waals surface area (Å²) in [5.41, 5.74) is 4.32. The fourth-order valence-corrected chi connectivity index (χ4v) is 9.57. The van der Waals surface area contributed by atoms with Crippen molar-refractivity contribution in [2.75, 3.05) is 13.2 Å². The Bertz CT molecular complexity index is 1360. The number of hydrogen-bond donors (Lipinski definition) is 1. The first kappa shape index (κ1) is 42.8. The van der Waals surface area contributed by atoms with Crippen LogP contribution in [0.5, 0.6) is 0 Å². The van der Waals surface area contributed by atoms with Gasteiger partial charge in [0, 0.05) is 6.42 Å². The van der Waals surface area contributed by atoms with Gasteiger partial charge < -0.3 is 18.9 Å². The Hall–Kier alpha value is -1.61. The van der Waals surface area contributed by atoms with Crippen molar-refractivity contribution in [1.29, 1.82) is 0 Å². The molecule has 2 fully saturated rings. The SMILES string of the molecule is C=C1C(=CC=C2CCC[C@]3(C)C([C@H](C)OCC(=O)NCC(F)(F)C(F)(F)F)=CC[C@@H]23)C[C@@H](O[Si](C)(C)C(C)(C)C)C[C@@H]1O[Si](C)(C)C(C)(C)C. The topological polar surface area (TPSA) is 56.8 Å². The Labute approximate surface area is 299 Å². The molecule has 0 aromatic rings. The molecule has 3 aliphatic carbocycles. The van der Waals surface area contributed by atoms with Gasteiger partial charge >= 0.3 is 12.1 Å². The molecule has 0 spiro atoms. The quantitative estimate of drug-likeness (QED) is 0.130. The fraction of sp³-hybridized carbons (Fsp3) is 0.763. The summed E-state index contributed by atoms with van der Waals surface area (Å²) in [5, 5.41) is 1.79. The molecule has 0 bridgehead atoms. The number of carbonyl (C=O) groups is 1. The molecule has 0 radical (unpaired) electrons. The van der Waals surface area contributed by atoms with Gasteiger partial charge in [-0.1, -0.05) is 78.8 Å². The molecule has 286 valence electrons. The predicted molar refractivity (Wildman–Crippen MR) is 196 cm³/mol. The Morgan fingerprint density at radius 1 is 1.02 bits per heavy atom. The molecule has 12 heteroatoms. The zero-order valence-corrected chi connectivity index (χ0v) is 34.4. The Balaban J connectivity index is 1.79. The third kappa shape index (κ3) is 9.68. The normalized spacial score (nSPS) is 28.1. The summed E-state index contributed by atoms with van der Waals surface area (Å²) in [4.78, 5) is 12.1. The lowest BCUT2D eigenvalue weighted by molar-refractivity contribution is -0.278. The maximum Gasteiger partial charge on any atom is 0.455 e. The number of alkyl halides is 5. The number of halogens is 5. The summed E-state index contributed by atoms with van der Waals surface area (Å²) < 4.78 is 83.7. The summed E-state index contributed by atoms with van der Waals surface area (Å²) in [6.07, 6.45) is 5.52. The first-order chi connectivity index (χ1) is 22.5. The van der Waals surface area contributed by atoms with Gasteiger partial charge in [0.25, 0.3) is 0 Å². The number of ether oxygens (including phenoxy) is 1. The van der Waals surface area contributed by atoms with Crippen molar-refractivity contribution in [3.05, 3.63) is 47.1 Å². The van der Waals surface area contributed by atoms with Gasteiger partial charge in [0.2, 0.25) is 5.91 Å². The molecule has 0 aliphatic heterocycles. The molecule has 0 heterocycles. The van der Waals surface area contributed by atoms with Crippen molar-refractivity contribution in [1.82, 2.24) is 5.32 Å². The summed E-state index contributed by atoms with van der Waals surface area (Å²) >= 11 is 0. The number of fused-ring (bicyclic) bond motifs is 1. The van der Waals surface area contributed by atoms with Gasteiger partial charge in [-0.2, -0.15) is 22.0 Å². The van der Waals surface area contributed by atoms with Crippen LogP contribution in [0.15, 0.2) is 47.1 Å². The highest BCUT2D eigenvalue weighted by molar-refractivity contribution is 6.74. The maximum absolute atomic E-state index is 13.3. The van der Waals surface area contributed by atoms with Gasteiger partial charge in [-0.05, 0) is 103 Å². The maximum atomic E-state index is 13.3. The Morgan fingerprint density at radius 3 is 2.16 bits per heavy atom. The van der Waals surface area contributed by atoms with Crippen molar-refractivity contribution >= 4 is 22.5 Å². The minimum Gasteiger partial charge on any atom is -0.413 e. The zero-order chi connectivity index (χ0) is 38.3. The van der Waals surface area contributed by atoms with Gasteiger partial charge in [0.05, 0.1) is 24.9 Å². The average molecular weight is 748 g/mol. The summed E-state index contributed by atoms with van der Waals surface area (Å²) in [5.74, 6) is -5.80. The smallest absolute Gasteiger partial charge is 0.413 e. The molecule has 0 aromatic heterocycles. The van der Waals surface area contributed by atoms with E-state index in [9.17, 15) is 26.7 Å². The van der Waals surface area contributed by atoms with Crippen LogP contribution < -0.4 is 5.32 Å². The largest absolute Gasteiger partial charge is 0.455 e. The van der Waals surface area contributed by atoms with E-state index in [-0.39, 0.29) is 33.6 Å². The van der Waals surface area contributed by atoms with Crippen molar-refractivity contribution in [2.24, 2.45) is 11.3 Å². The number of allylic oxidation sites excluding steroid dienone is 4. The second kappa shape index (κ2) is 15.0. The van der Waals surface area contributed by atoms with Crippen LogP contribution in [0.3, 0.4) is 0 Å². The molecule has 5 atom stereocenters. The molecule has 5 nitrogen and oxygen atoms in total. The molecule has 1 N–H and O–H groups in total. The molecule has 0 aromatic carbocycles. The number of hydrogen-bond acceptors (Lipinski definition) is 4. The lowest BCUT2D eigenvalue weighted by Gasteiger charge is -2.45. The van der Waals surface area contributed by atoms with Gasteiger partial charge in [-0.15, -0.1) is 0 Å². The molecule has 1 amide bonds. The average Bonchev–Trinajstić information content (AvgIpc) is 3.31. The van der Waals surface area contributed by atoms with Crippen LogP contribution in [0.2, 0.25) is 36.3 Å². The van der Waals surface area contributed by atoms with Crippen LogP contribution in [0, 0.1) is 11.3 Å². The van der Waals surface area contributed by atoms with Crippen LogP contribution >= 0.6 is 0 Å². The first-order valence-electron chi connectivity index (χ1n) is 18.0. The highest BCUT2D eigenvalue weighted by atomic mass is 28.4. The summed E-state index contributed by atoms with van der Waals surface area (Å²) in [6.45, 7) is 28.8. The number of carbonyl (C=O) groups excluding carboxylic acids is 1. The van der Waals surface area contributed by atoms with Gasteiger partial charge in [-0.25, -0.2) is 0 Å². The molecule has 0 saturated heterocycles. The minimum atomic E-state index is -5.74. The van der Waals surface area contributed by atoms with Crippen molar-refractivity contribution < 1.29 is 40.3 Å². The van der Waals surface area contributed by atoms with E-state index < -0.39 is 53.9 Å². The monoisotopic (exact) mass is 747 g/mol. The van der Waals surface area contributed by atoms with Crippen molar-refractivity contribution in [3.8, 4) is 0 Å². The molecular weight excluding hydrogens is 686 g/mol. The van der Waals surface area contributed by atoms with Gasteiger partial charge in [0.15, 0.2) is 16.6 Å². The van der Waals surface area contributed by atoms with E-state index in [1.54, 1.807) is 12.2 Å². The number of amides is 1. The molecule has 3 rings (SSSR count). The fourth-order valence-electron chi connectivity index (χ4n) is 6.90. The van der Waals surface area contributed by atoms with E-state index in [0.717, 1.165) is 55.2 Å². The van der Waals surface area contributed by atoms with E-state index >= 15 is 0 Å². The van der Waals surface area contributed by atoms with Crippen LogP contribution in [0.4, 0.5) is 22.0 Å². The molecule has 0 unspecified atom stereocenters. The molecule has 3 aliphatic rings. The lowest BCUT2D eigenvalue weighted by atomic mass is 9.63. The van der Waals surface area contributed by atoms with E-state index in [0.29, 0.717) is 0 Å². The zero-order valence-electron chi connectivity index (χ0n) is 32.4. The van der Waals surface area contributed by atoms with Gasteiger partial charge in [-0.3, -0.25) is 4.79 Å². The van der Waals surface area contributed by atoms with E-state index in [2.05, 4.69) is 99.5 Å². The summed E-state index contributed by atoms with van der Waals surface area (Å²) in [6, 6.07) is 0. The van der Waals surface area contributed by atoms with E-state index in [4.69, 9.17) is 13.6 Å². The highest BCUT2D eigenvalue weighted by Crippen LogP contribution is 2.56. The second-order valence-corrected chi connectivity index (χ2v) is 27.4. The first-order valence-corrected chi connectivity index (χ1v) is 23.8. The van der Waals surface area contributed by atoms with Crippen LogP contribution in [0.25, 0.3) is 0 Å². The van der Waals surface area contributed by atoms with Crippen LogP contribution in [-0.4, -0.2) is 66.1 Å². The minimum absolute atomic E-state index is 0.0343. The Morgan fingerprint density at radius 2 is 1.60 bits per heavy atom. The van der Waals surface area contributed by atoms with E-state index in [1.807, 2.05) is 0 Å². The molecular formula is C38H62F5NO4Si2. The predicted octanol–water partition coefficient (Wildman–Crippen LogP) is 10.8. The third-order valence-corrected chi connectivity index (χ3v) is 21.2. The van der Waals surface area contributed by atoms with Crippen molar-refractivity contribution in [3.63, 3.8) is 0 Å². The van der Waals surface area contributed by atoms with Gasteiger partial charge in [0.1, 0.15) is 6.61 Å². The molecule has 50 heavy (non-hydrogen) atoms. The summed E-state index contributed by atoms with van der Waals surface area (Å²) in [7, 11) is -4.14. The standard InChI is InChI=1S/C38H62F5NO4Si2/c1-25-28(21-29(47-49(10,11)34(3,4)5)22-32(25)48-50(12,13)35(6,7)8)17-16-27-15-14-20-36(9)30(18-19-31(27)36)26(2)46-23-33(45)44-24-37(39,40)38(41,42)43/h16-18,26,29,31-32H,1,14-15,19-24H2,2-13H3,(H,44,45)/t26-,29+,31-,32-,36+/m0/s1. The molecule has 2 saturated carbocycles. The van der Waals surface area contributed by atoms with Crippen LogP contribution in [0.1, 0.15) is 93.9 Å². The van der Waals surface area contributed by atoms with Crippen LogP contribution in [-0.2, 0) is 18.4 Å². The Kier molecular flexibility index (Phi) is 12.9. The second-order valence-electron chi connectivity index (χ2n) is 17.9.